The molecule has 0 saturated carbocycles. The van der Waals surface area contributed by atoms with Crippen LogP contribution >= 0.6 is 0 Å². The van der Waals surface area contributed by atoms with Gasteiger partial charge in [0.15, 0.2) is 0 Å². The van der Waals surface area contributed by atoms with Gasteiger partial charge in [-0.05, 0) is 18.1 Å². The number of rotatable bonds is 6. The summed E-state index contributed by atoms with van der Waals surface area (Å²) in [5.74, 6) is 1.28. The van der Waals surface area contributed by atoms with Crippen LogP contribution in [-0.2, 0) is 4.65 Å². The molecular weight excluding hydrogens is 147 g/mol. The summed E-state index contributed by atoms with van der Waals surface area (Å²) in [6.45, 7) is 12.5. The van der Waals surface area contributed by atoms with Crippen molar-refractivity contribution in [2.45, 2.75) is 59.1 Å². The van der Waals surface area contributed by atoms with Gasteiger partial charge < -0.3 is 4.65 Å². The Morgan fingerprint density at radius 1 is 1.08 bits per heavy atom. The highest BCUT2D eigenvalue weighted by atomic mass is 16.4. The van der Waals surface area contributed by atoms with Crippen molar-refractivity contribution in [1.29, 1.82) is 0 Å². The summed E-state index contributed by atoms with van der Waals surface area (Å²) >= 11 is 0. The second kappa shape index (κ2) is 6.53. The summed E-state index contributed by atoms with van der Waals surface area (Å²) in [5.41, 5.74) is 0. The molecule has 0 aromatic carbocycles. The Labute approximate surface area is 78.0 Å². The number of hydrogen-bond donors (Lipinski definition) is 0. The molecule has 2 heteroatoms. The summed E-state index contributed by atoms with van der Waals surface area (Å²) < 4.78 is 5.81. The Morgan fingerprint density at radius 2 is 1.58 bits per heavy atom. The molecule has 0 atom stereocenters. The van der Waals surface area contributed by atoms with Crippen molar-refractivity contribution in [3.63, 3.8) is 0 Å². The molecule has 72 valence electrons. The van der Waals surface area contributed by atoms with E-state index in [-0.39, 0.29) is 0 Å². The third kappa shape index (κ3) is 4.81. The quantitative estimate of drug-likeness (QED) is 0.437. The van der Waals surface area contributed by atoms with Crippen LogP contribution < -0.4 is 0 Å². The molecular formula is C10H23BO. The fraction of sp³-hybridized carbons (Fsp3) is 1.00. The second-order valence-electron chi connectivity index (χ2n) is 4.18. The smallest absolute Gasteiger partial charge is 0.298 e. The van der Waals surface area contributed by atoms with Crippen molar-refractivity contribution in [2.75, 3.05) is 6.61 Å². The van der Waals surface area contributed by atoms with Gasteiger partial charge in [-0.3, -0.25) is 0 Å². The predicted molar refractivity (Wildman–Crippen MR) is 56.8 cm³/mol. The molecule has 0 aliphatic rings. The Balaban J connectivity index is 3.64. The molecule has 0 fully saturated rings. The third-order valence-electron chi connectivity index (χ3n) is 2.12. The largest absolute Gasteiger partial charge is 0.435 e. The zero-order chi connectivity index (χ0) is 9.56. The van der Waals surface area contributed by atoms with Crippen LogP contribution in [0.2, 0.25) is 11.6 Å². The highest BCUT2D eigenvalue weighted by Gasteiger charge is 2.23. The summed E-state index contributed by atoms with van der Waals surface area (Å²) in [5, 5.41) is 0. The van der Waals surface area contributed by atoms with E-state index in [0.717, 1.165) is 6.61 Å². The first-order chi connectivity index (χ1) is 5.59. The molecule has 0 spiro atoms. The van der Waals surface area contributed by atoms with Crippen LogP contribution in [0.4, 0.5) is 0 Å². The zero-order valence-corrected chi connectivity index (χ0v) is 9.26. The molecule has 0 aliphatic carbocycles. The van der Waals surface area contributed by atoms with Gasteiger partial charge in [0.2, 0.25) is 0 Å². The maximum atomic E-state index is 5.81. The van der Waals surface area contributed by atoms with Gasteiger partial charge in [0.1, 0.15) is 0 Å². The molecule has 0 unspecified atom stereocenters. The van der Waals surface area contributed by atoms with E-state index >= 15 is 0 Å². The maximum absolute atomic E-state index is 5.81. The first-order valence-electron chi connectivity index (χ1n) is 5.21. The second-order valence-corrected chi connectivity index (χ2v) is 4.18. The third-order valence-corrected chi connectivity index (χ3v) is 2.12. The van der Waals surface area contributed by atoms with Gasteiger partial charge in [0.05, 0.1) is 0 Å². The van der Waals surface area contributed by atoms with Crippen molar-refractivity contribution in [3.05, 3.63) is 0 Å². The zero-order valence-electron chi connectivity index (χ0n) is 9.26. The predicted octanol–water partition coefficient (Wildman–Crippen LogP) is 3.61. The first-order valence-corrected chi connectivity index (χ1v) is 5.21. The van der Waals surface area contributed by atoms with Gasteiger partial charge in [0, 0.05) is 6.61 Å². The van der Waals surface area contributed by atoms with Gasteiger partial charge in [-0.1, -0.05) is 41.0 Å². The lowest BCUT2D eigenvalue weighted by Gasteiger charge is -2.20. The average molecular weight is 170 g/mol. The molecule has 0 aromatic heterocycles. The van der Waals surface area contributed by atoms with Crippen LogP contribution in [0.5, 0.6) is 0 Å². The van der Waals surface area contributed by atoms with E-state index in [4.69, 9.17) is 4.65 Å². The summed E-state index contributed by atoms with van der Waals surface area (Å²) in [7, 11) is 0. The van der Waals surface area contributed by atoms with E-state index in [1.165, 1.54) is 12.8 Å². The monoisotopic (exact) mass is 170 g/mol. The first kappa shape index (κ1) is 12.0. The van der Waals surface area contributed by atoms with Crippen LogP contribution in [0.1, 0.15) is 47.5 Å². The van der Waals surface area contributed by atoms with Gasteiger partial charge in [-0.25, -0.2) is 0 Å². The molecule has 0 amide bonds. The highest BCUT2D eigenvalue weighted by Crippen LogP contribution is 2.20. The fourth-order valence-corrected chi connectivity index (χ4v) is 1.52. The van der Waals surface area contributed by atoms with E-state index in [2.05, 4.69) is 34.6 Å². The number of hydrogen-bond acceptors (Lipinski definition) is 1. The van der Waals surface area contributed by atoms with Gasteiger partial charge in [-0.2, -0.15) is 0 Å². The molecule has 1 nitrogen and oxygen atoms in total. The van der Waals surface area contributed by atoms with Crippen LogP contribution in [0.3, 0.4) is 0 Å². The normalized spacial score (nSPS) is 11.2. The average Bonchev–Trinajstić information content (AvgIpc) is 1.96. The molecule has 12 heavy (non-hydrogen) atoms. The molecule has 0 aliphatic heterocycles. The van der Waals surface area contributed by atoms with Crippen LogP contribution in [-0.4, -0.2) is 13.5 Å². The fourth-order valence-electron chi connectivity index (χ4n) is 1.52. The lowest BCUT2D eigenvalue weighted by Crippen LogP contribution is -2.25. The van der Waals surface area contributed by atoms with E-state index < -0.39 is 0 Å². The van der Waals surface area contributed by atoms with Crippen molar-refractivity contribution >= 4 is 6.92 Å². The lowest BCUT2D eigenvalue weighted by molar-refractivity contribution is 0.299. The SMILES string of the molecule is CCCCOB(C(C)C)C(C)C. The van der Waals surface area contributed by atoms with Crippen LogP contribution in [0, 0.1) is 0 Å². The summed E-state index contributed by atoms with van der Waals surface area (Å²) in [6, 6.07) is 0. The van der Waals surface area contributed by atoms with Gasteiger partial charge >= 0.3 is 0 Å². The van der Waals surface area contributed by atoms with Gasteiger partial charge in [0.25, 0.3) is 6.92 Å². The van der Waals surface area contributed by atoms with Crippen molar-refractivity contribution < 1.29 is 4.65 Å². The van der Waals surface area contributed by atoms with E-state index in [0.29, 0.717) is 18.6 Å². The Bertz CT molecular complexity index is 94.0. The molecule has 0 radical (unpaired) electrons. The molecule has 0 N–H and O–H groups in total. The standard InChI is InChI=1S/C10H23BO/c1-6-7-8-12-11(9(2)3)10(4)5/h9-10H,6-8H2,1-5H3. The Kier molecular flexibility index (Phi) is 6.54. The maximum Gasteiger partial charge on any atom is 0.298 e. The highest BCUT2D eigenvalue weighted by molar-refractivity contribution is 6.54. The minimum atomic E-state index is 0.441. The topological polar surface area (TPSA) is 9.23 Å². The summed E-state index contributed by atoms with van der Waals surface area (Å²) in [6.07, 6.45) is 2.42. The molecule has 0 aromatic rings. The van der Waals surface area contributed by atoms with E-state index in [1.54, 1.807) is 0 Å². The van der Waals surface area contributed by atoms with Crippen molar-refractivity contribution in [2.24, 2.45) is 0 Å². The molecule has 0 bridgehead atoms. The minimum absolute atomic E-state index is 0.441. The number of unbranched alkanes of at least 4 members (excludes halogenated alkanes) is 1. The molecule has 0 saturated heterocycles. The molecule has 0 rings (SSSR count). The Hall–Kier alpha value is 0.0249. The van der Waals surface area contributed by atoms with Crippen LogP contribution in [0.25, 0.3) is 0 Å². The molecule has 0 heterocycles. The van der Waals surface area contributed by atoms with E-state index in [1.807, 2.05) is 0 Å². The lowest BCUT2D eigenvalue weighted by atomic mass is 9.49. The minimum Gasteiger partial charge on any atom is -0.435 e. The van der Waals surface area contributed by atoms with Gasteiger partial charge in [-0.15, -0.1) is 0 Å². The van der Waals surface area contributed by atoms with Crippen molar-refractivity contribution in [1.82, 2.24) is 0 Å². The van der Waals surface area contributed by atoms with Crippen molar-refractivity contribution in [3.8, 4) is 0 Å². The van der Waals surface area contributed by atoms with Crippen LogP contribution in [0.15, 0.2) is 0 Å². The van der Waals surface area contributed by atoms with E-state index in [9.17, 15) is 0 Å². The Morgan fingerprint density at radius 3 is 1.92 bits per heavy atom. The summed E-state index contributed by atoms with van der Waals surface area (Å²) in [4.78, 5) is 0.